The smallest absolute Gasteiger partial charge is 0.223 e. The summed E-state index contributed by atoms with van der Waals surface area (Å²) < 4.78 is 1.90. The molecule has 1 saturated heterocycles. The summed E-state index contributed by atoms with van der Waals surface area (Å²) in [5.41, 5.74) is 8.25. The molecule has 0 aliphatic carbocycles. The first-order valence-corrected chi connectivity index (χ1v) is 5.45. The van der Waals surface area contributed by atoms with Crippen molar-refractivity contribution in [2.24, 2.45) is 18.1 Å². The number of likely N-dealkylation sites (tertiary alicyclic amines) is 1. The normalized spacial score (nSPS) is 19.5. The number of carbonyl (C=O) groups excluding carboxylic acids is 1. The fraction of sp³-hybridized carbons (Fsp3) is 0.600. The maximum absolute atomic E-state index is 11.7. The molecular weight excluding hydrogens is 220 g/mol. The van der Waals surface area contributed by atoms with Gasteiger partial charge in [0.1, 0.15) is 5.82 Å². The molecule has 17 heavy (non-hydrogen) atoms. The highest BCUT2D eigenvalue weighted by Gasteiger charge is 2.29. The number of rotatable bonds is 4. The Morgan fingerprint density at radius 3 is 3.18 bits per heavy atom. The molecule has 0 radical (unpaired) electrons. The highest BCUT2D eigenvalue weighted by molar-refractivity contribution is 5.78. The van der Waals surface area contributed by atoms with Crippen molar-refractivity contribution in [3.63, 3.8) is 0 Å². The minimum Gasteiger partial charge on any atom is -0.337 e. The van der Waals surface area contributed by atoms with Crippen molar-refractivity contribution in [2.45, 2.75) is 13.0 Å². The molecule has 0 saturated carbocycles. The van der Waals surface area contributed by atoms with Crippen LogP contribution in [0.25, 0.3) is 10.4 Å². The van der Waals surface area contributed by atoms with Crippen LogP contribution in [0.3, 0.4) is 0 Å². The number of amides is 1. The van der Waals surface area contributed by atoms with Crippen molar-refractivity contribution in [3.05, 3.63) is 28.7 Å². The van der Waals surface area contributed by atoms with Crippen LogP contribution in [-0.4, -0.2) is 33.4 Å². The second-order valence-corrected chi connectivity index (χ2v) is 4.21. The van der Waals surface area contributed by atoms with Gasteiger partial charge in [-0.2, -0.15) is 0 Å². The number of carbonyl (C=O) groups is 1. The fourth-order valence-electron chi connectivity index (χ4n) is 2.00. The molecule has 90 valence electrons. The maximum atomic E-state index is 11.7. The van der Waals surface area contributed by atoms with E-state index in [-0.39, 0.29) is 11.8 Å². The first kappa shape index (κ1) is 11.5. The average molecular weight is 234 g/mol. The molecule has 1 aromatic rings. The number of aromatic nitrogens is 2. The number of hydrogen-bond acceptors (Lipinski definition) is 3. The van der Waals surface area contributed by atoms with Gasteiger partial charge in [0.25, 0.3) is 0 Å². The number of aryl methyl sites for hydroxylation is 1. The number of imidazole rings is 1. The van der Waals surface area contributed by atoms with Gasteiger partial charge in [-0.25, -0.2) is 4.98 Å². The molecular formula is C10H14N6O. The molecule has 1 aromatic heterocycles. The zero-order chi connectivity index (χ0) is 12.3. The Bertz CT molecular complexity index is 461. The summed E-state index contributed by atoms with van der Waals surface area (Å²) in [7, 11) is 1.90. The van der Waals surface area contributed by atoms with Crippen LogP contribution in [0.2, 0.25) is 0 Å². The van der Waals surface area contributed by atoms with Gasteiger partial charge in [-0.05, 0) is 11.4 Å². The summed E-state index contributed by atoms with van der Waals surface area (Å²) in [5.74, 6) is 1.10. The summed E-state index contributed by atoms with van der Waals surface area (Å²) in [4.78, 5) is 20.4. The van der Waals surface area contributed by atoms with Gasteiger partial charge in [0.2, 0.25) is 5.91 Å². The number of azide groups is 1. The van der Waals surface area contributed by atoms with E-state index in [1.54, 1.807) is 11.1 Å². The van der Waals surface area contributed by atoms with E-state index in [9.17, 15) is 4.79 Å². The predicted octanol–water partition coefficient (Wildman–Crippen LogP) is 1.08. The second kappa shape index (κ2) is 4.88. The van der Waals surface area contributed by atoms with Gasteiger partial charge in [0, 0.05) is 43.9 Å². The molecule has 7 heteroatoms. The molecule has 2 heterocycles. The minimum atomic E-state index is 0.103. The minimum absolute atomic E-state index is 0.103. The molecule has 1 amide bonds. The van der Waals surface area contributed by atoms with Crippen LogP contribution in [0.5, 0.6) is 0 Å². The lowest BCUT2D eigenvalue weighted by molar-refractivity contribution is -0.128. The van der Waals surface area contributed by atoms with Crippen LogP contribution >= 0.6 is 0 Å². The highest BCUT2D eigenvalue weighted by Crippen LogP contribution is 2.19. The lowest BCUT2D eigenvalue weighted by Gasteiger charge is -2.15. The topological polar surface area (TPSA) is 86.9 Å². The van der Waals surface area contributed by atoms with Gasteiger partial charge in [-0.15, -0.1) is 0 Å². The largest absolute Gasteiger partial charge is 0.337 e. The third-order valence-electron chi connectivity index (χ3n) is 2.95. The van der Waals surface area contributed by atoms with E-state index in [2.05, 4.69) is 15.0 Å². The zero-order valence-electron chi connectivity index (χ0n) is 9.65. The van der Waals surface area contributed by atoms with E-state index >= 15 is 0 Å². The van der Waals surface area contributed by atoms with Gasteiger partial charge >= 0.3 is 0 Å². The van der Waals surface area contributed by atoms with Gasteiger partial charge in [0.05, 0.1) is 6.54 Å². The van der Waals surface area contributed by atoms with Crippen molar-refractivity contribution < 1.29 is 4.79 Å². The molecule has 0 N–H and O–H groups in total. The molecule has 1 atom stereocenters. The summed E-state index contributed by atoms with van der Waals surface area (Å²) >= 11 is 0. The van der Waals surface area contributed by atoms with Gasteiger partial charge in [-0.1, -0.05) is 5.11 Å². The van der Waals surface area contributed by atoms with E-state index in [1.807, 2.05) is 17.8 Å². The van der Waals surface area contributed by atoms with Crippen LogP contribution in [0, 0.1) is 5.92 Å². The Balaban J connectivity index is 1.96. The van der Waals surface area contributed by atoms with Crippen molar-refractivity contribution in [2.75, 3.05) is 13.1 Å². The summed E-state index contributed by atoms with van der Waals surface area (Å²) in [6.07, 6.45) is 4.03. The van der Waals surface area contributed by atoms with Crippen molar-refractivity contribution >= 4 is 5.91 Å². The zero-order valence-corrected chi connectivity index (χ0v) is 9.65. The third kappa shape index (κ3) is 2.57. The first-order valence-electron chi connectivity index (χ1n) is 5.45. The molecule has 2 rings (SSSR count). The van der Waals surface area contributed by atoms with E-state index in [1.165, 1.54) is 0 Å². The van der Waals surface area contributed by atoms with Crippen LogP contribution in [0.15, 0.2) is 17.5 Å². The van der Waals surface area contributed by atoms with Crippen molar-refractivity contribution in [1.29, 1.82) is 0 Å². The summed E-state index contributed by atoms with van der Waals surface area (Å²) in [6.45, 7) is 1.55. The lowest BCUT2D eigenvalue weighted by atomic mass is 10.1. The van der Waals surface area contributed by atoms with E-state index in [0.29, 0.717) is 26.1 Å². The van der Waals surface area contributed by atoms with Crippen LogP contribution in [-0.2, 0) is 18.4 Å². The molecule has 0 spiro atoms. The van der Waals surface area contributed by atoms with Crippen LogP contribution < -0.4 is 0 Å². The Morgan fingerprint density at radius 1 is 1.71 bits per heavy atom. The third-order valence-corrected chi connectivity index (χ3v) is 2.95. The van der Waals surface area contributed by atoms with E-state index in [4.69, 9.17) is 5.53 Å². The van der Waals surface area contributed by atoms with Crippen molar-refractivity contribution in [3.8, 4) is 0 Å². The van der Waals surface area contributed by atoms with Gasteiger partial charge in [-0.3, -0.25) is 4.79 Å². The Morgan fingerprint density at radius 2 is 2.53 bits per heavy atom. The first-order chi connectivity index (χ1) is 8.20. The van der Waals surface area contributed by atoms with Crippen molar-refractivity contribution in [1.82, 2.24) is 14.5 Å². The summed E-state index contributed by atoms with van der Waals surface area (Å²) in [5, 5.41) is 3.52. The van der Waals surface area contributed by atoms with E-state index in [0.717, 1.165) is 5.82 Å². The van der Waals surface area contributed by atoms with Gasteiger partial charge < -0.3 is 9.47 Å². The quantitative estimate of drug-likeness (QED) is 0.443. The van der Waals surface area contributed by atoms with E-state index < -0.39 is 0 Å². The predicted molar refractivity (Wildman–Crippen MR) is 60.7 cm³/mol. The molecule has 1 fully saturated rings. The molecule has 7 nitrogen and oxygen atoms in total. The fourth-order valence-corrected chi connectivity index (χ4v) is 2.00. The molecule has 0 bridgehead atoms. The Hall–Kier alpha value is -2.01. The SMILES string of the molecule is Cn1ccnc1CN1CC(CN=[N+]=[N-])CC1=O. The Labute approximate surface area is 98.7 Å². The maximum Gasteiger partial charge on any atom is 0.223 e. The Kier molecular flexibility index (Phi) is 3.30. The molecule has 1 unspecified atom stereocenters. The molecule has 1 aliphatic heterocycles. The lowest BCUT2D eigenvalue weighted by Crippen LogP contribution is -2.26. The highest BCUT2D eigenvalue weighted by atomic mass is 16.2. The molecule has 1 aliphatic rings. The number of nitrogens with zero attached hydrogens (tertiary/aromatic N) is 6. The second-order valence-electron chi connectivity index (χ2n) is 4.21. The average Bonchev–Trinajstić information content (AvgIpc) is 2.85. The number of hydrogen-bond donors (Lipinski definition) is 0. The summed E-state index contributed by atoms with van der Waals surface area (Å²) in [6, 6.07) is 0. The van der Waals surface area contributed by atoms with Gasteiger partial charge in [0.15, 0.2) is 0 Å². The standard InChI is InChI=1S/C10H14N6O/c1-15-3-2-12-9(15)7-16-6-8(4-10(16)17)5-13-14-11/h2-3,8H,4-7H2,1H3. The monoisotopic (exact) mass is 234 g/mol. The molecule has 0 aromatic carbocycles. The van der Waals surface area contributed by atoms with Crippen LogP contribution in [0.1, 0.15) is 12.2 Å². The van der Waals surface area contributed by atoms with Crippen LogP contribution in [0.4, 0.5) is 0 Å².